The maximum absolute atomic E-state index is 10.0. The lowest BCUT2D eigenvalue weighted by atomic mass is 10.1. The van der Waals surface area contributed by atoms with E-state index in [1.807, 2.05) is 24.3 Å². The van der Waals surface area contributed by atoms with Crippen molar-refractivity contribution in [1.82, 2.24) is 4.98 Å². The van der Waals surface area contributed by atoms with Crippen LogP contribution in [0.2, 0.25) is 0 Å². The minimum Gasteiger partial charge on any atom is -0.507 e. The van der Waals surface area contributed by atoms with Gasteiger partial charge in [-0.1, -0.05) is 12.1 Å². The van der Waals surface area contributed by atoms with Crippen molar-refractivity contribution in [2.24, 2.45) is 0 Å². The highest BCUT2D eigenvalue weighted by Gasteiger charge is 2.13. The number of hydrogen-bond acceptors (Lipinski definition) is 6. The molecule has 0 fully saturated rings. The van der Waals surface area contributed by atoms with Crippen molar-refractivity contribution in [3.8, 4) is 17.2 Å². The van der Waals surface area contributed by atoms with Crippen molar-refractivity contribution in [1.29, 1.82) is 0 Å². The molecule has 6 nitrogen and oxygen atoms in total. The molecule has 1 unspecified atom stereocenters. The Kier molecular flexibility index (Phi) is 3.95. The smallest absolute Gasteiger partial charge is 0.231 e. The molecule has 22 heavy (non-hydrogen) atoms. The fourth-order valence-corrected chi connectivity index (χ4v) is 2.10. The molecule has 0 aliphatic carbocycles. The Morgan fingerprint density at radius 1 is 1.18 bits per heavy atom. The van der Waals surface area contributed by atoms with Crippen LogP contribution in [-0.2, 0) is 0 Å². The SMILES string of the molecule is OCC(O)CNc1ccc(O)c(-c2nc3ccccc3o2)c1. The van der Waals surface area contributed by atoms with E-state index >= 15 is 0 Å². The number of oxazole rings is 1. The van der Waals surface area contributed by atoms with Gasteiger partial charge in [0.05, 0.1) is 18.3 Å². The van der Waals surface area contributed by atoms with Crippen LogP contribution in [0.5, 0.6) is 5.75 Å². The molecule has 0 saturated heterocycles. The lowest BCUT2D eigenvalue weighted by Crippen LogP contribution is -2.22. The molecule has 6 heteroatoms. The molecule has 1 aromatic heterocycles. The molecule has 1 atom stereocenters. The molecular weight excluding hydrogens is 284 g/mol. The summed E-state index contributed by atoms with van der Waals surface area (Å²) in [6.07, 6.45) is -0.846. The largest absolute Gasteiger partial charge is 0.507 e. The van der Waals surface area contributed by atoms with E-state index in [9.17, 15) is 10.2 Å². The van der Waals surface area contributed by atoms with Crippen molar-refractivity contribution in [3.63, 3.8) is 0 Å². The van der Waals surface area contributed by atoms with E-state index in [1.54, 1.807) is 12.1 Å². The number of benzene rings is 2. The van der Waals surface area contributed by atoms with Gasteiger partial charge in [0, 0.05) is 12.2 Å². The highest BCUT2D eigenvalue weighted by atomic mass is 16.3. The van der Waals surface area contributed by atoms with Crippen molar-refractivity contribution in [2.75, 3.05) is 18.5 Å². The Labute approximate surface area is 126 Å². The Morgan fingerprint density at radius 3 is 2.77 bits per heavy atom. The second-order valence-electron chi connectivity index (χ2n) is 4.94. The number of hydrogen-bond donors (Lipinski definition) is 4. The number of aliphatic hydroxyl groups excluding tert-OH is 2. The fourth-order valence-electron chi connectivity index (χ4n) is 2.10. The van der Waals surface area contributed by atoms with Crippen LogP contribution < -0.4 is 5.32 Å². The summed E-state index contributed by atoms with van der Waals surface area (Å²) < 4.78 is 5.65. The van der Waals surface area contributed by atoms with Crippen LogP contribution in [0, 0.1) is 0 Å². The number of aromatic nitrogens is 1. The van der Waals surface area contributed by atoms with Crippen LogP contribution in [-0.4, -0.2) is 39.6 Å². The average Bonchev–Trinajstić information content (AvgIpc) is 2.97. The summed E-state index contributed by atoms with van der Waals surface area (Å²) in [7, 11) is 0. The number of aromatic hydroxyl groups is 1. The van der Waals surface area contributed by atoms with Crippen LogP contribution in [0.25, 0.3) is 22.6 Å². The van der Waals surface area contributed by atoms with Crippen LogP contribution in [0.4, 0.5) is 5.69 Å². The molecule has 0 aliphatic rings. The molecule has 1 heterocycles. The molecule has 114 valence electrons. The summed E-state index contributed by atoms with van der Waals surface area (Å²) in [5.74, 6) is 0.380. The van der Waals surface area contributed by atoms with Gasteiger partial charge < -0.3 is 25.1 Å². The maximum Gasteiger partial charge on any atom is 0.231 e. The van der Waals surface area contributed by atoms with Gasteiger partial charge >= 0.3 is 0 Å². The lowest BCUT2D eigenvalue weighted by molar-refractivity contribution is 0.105. The van der Waals surface area contributed by atoms with E-state index in [4.69, 9.17) is 9.52 Å². The molecule has 0 saturated carbocycles. The highest BCUT2D eigenvalue weighted by Crippen LogP contribution is 2.33. The van der Waals surface area contributed by atoms with Crippen LogP contribution in [0.1, 0.15) is 0 Å². The number of aliphatic hydroxyl groups is 2. The van der Waals surface area contributed by atoms with E-state index in [-0.39, 0.29) is 18.9 Å². The first-order chi connectivity index (χ1) is 10.7. The minimum absolute atomic E-state index is 0.0554. The van der Waals surface area contributed by atoms with Gasteiger partial charge in [0.2, 0.25) is 5.89 Å². The maximum atomic E-state index is 10.0. The molecule has 3 rings (SSSR count). The monoisotopic (exact) mass is 300 g/mol. The zero-order valence-corrected chi connectivity index (χ0v) is 11.7. The Balaban J connectivity index is 1.92. The van der Waals surface area contributed by atoms with E-state index in [0.29, 0.717) is 28.2 Å². The summed E-state index contributed by atoms with van der Waals surface area (Å²) in [6.45, 7) is -0.114. The summed E-state index contributed by atoms with van der Waals surface area (Å²) in [5.41, 5.74) is 2.50. The average molecular weight is 300 g/mol. The third kappa shape index (κ3) is 2.88. The first kappa shape index (κ1) is 14.4. The van der Waals surface area contributed by atoms with Crippen LogP contribution in [0.3, 0.4) is 0 Å². The molecule has 0 radical (unpaired) electrons. The second kappa shape index (κ2) is 6.05. The van der Waals surface area contributed by atoms with Crippen molar-refractivity contribution < 1.29 is 19.7 Å². The summed E-state index contributed by atoms with van der Waals surface area (Å²) in [4.78, 5) is 4.35. The molecule has 0 amide bonds. The molecular formula is C16H16N2O4. The molecule has 3 aromatic rings. The van der Waals surface area contributed by atoms with E-state index in [2.05, 4.69) is 10.3 Å². The molecule has 4 N–H and O–H groups in total. The Hall–Kier alpha value is -2.57. The normalized spacial score (nSPS) is 12.5. The van der Waals surface area contributed by atoms with Gasteiger partial charge in [-0.2, -0.15) is 0 Å². The molecule has 0 aliphatic heterocycles. The van der Waals surface area contributed by atoms with Gasteiger partial charge in [0.1, 0.15) is 11.3 Å². The quantitative estimate of drug-likeness (QED) is 0.538. The molecule has 0 bridgehead atoms. The number of fused-ring (bicyclic) bond motifs is 1. The van der Waals surface area contributed by atoms with Crippen molar-refractivity contribution in [3.05, 3.63) is 42.5 Å². The molecule has 0 spiro atoms. The van der Waals surface area contributed by atoms with Crippen molar-refractivity contribution in [2.45, 2.75) is 6.10 Å². The number of phenolic OH excluding ortho intramolecular Hbond substituents is 1. The predicted molar refractivity (Wildman–Crippen MR) is 82.7 cm³/mol. The number of anilines is 1. The van der Waals surface area contributed by atoms with Gasteiger partial charge in [-0.25, -0.2) is 4.98 Å². The minimum atomic E-state index is -0.846. The van der Waals surface area contributed by atoms with E-state index < -0.39 is 6.10 Å². The topological polar surface area (TPSA) is 98.8 Å². The van der Waals surface area contributed by atoms with Gasteiger partial charge in [-0.05, 0) is 30.3 Å². The van der Waals surface area contributed by atoms with E-state index in [1.165, 1.54) is 6.07 Å². The third-order valence-corrected chi connectivity index (χ3v) is 3.27. The predicted octanol–water partition coefficient (Wildman–Crippen LogP) is 1.97. The van der Waals surface area contributed by atoms with Crippen LogP contribution in [0.15, 0.2) is 46.9 Å². The zero-order valence-electron chi connectivity index (χ0n) is 11.7. The highest BCUT2D eigenvalue weighted by molar-refractivity contribution is 5.78. The Morgan fingerprint density at radius 2 is 2.00 bits per heavy atom. The Bertz CT molecular complexity index is 752. The number of phenols is 1. The number of nitrogens with one attached hydrogen (secondary N) is 1. The summed E-state index contributed by atoms with van der Waals surface area (Å²) in [5, 5.41) is 31.2. The first-order valence-electron chi connectivity index (χ1n) is 6.89. The fraction of sp³-hybridized carbons (Fsp3) is 0.188. The zero-order chi connectivity index (χ0) is 15.5. The number of rotatable bonds is 5. The van der Waals surface area contributed by atoms with Gasteiger partial charge in [-0.15, -0.1) is 0 Å². The number of nitrogens with zero attached hydrogens (tertiary/aromatic N) is 1. The first-order valence-corrected chi connectivity index (χ1v) is 6.89. The summed E-state index contributed by atoms with van der Waals surface area (Å²) in [6, 6.07) is 12.2. The molecule has 2 aromatic carbocycles. The third-order valence-electron chi connectivity index (χ3n) is 3.27. The van der Waals surface area contributed by atoms with E-state index in [0.717, 1.165) is 0 Å². The van der Waals surface area contributed by atoms with Gasteiger partial charge in [-0.3, -0.25) is 0 Å². The second-order valence-corrected chi connectivity index (χ2v) is 4.94. The van der Waals surface area contributed by atoms with Gasteiger partial charge in [0.15, 0.2) is 5.58 Å². The number of para-hydroxylation sites is 2. The lowest BCUT2D eigenvalue weighted by Gasteiger charge is -2.11. The van der Waals surface area contributed by atoms with Crippen LogP contribution >= 0.6 is 0 Å². The standard InChI is InChI=1S/C16H16N2O4/c19-9-11(20)8-17-10-5-6-14(21)12(7-10)16-18-13-3-1-2-4-15(13)22-16/h1-7,11,17,19-21H,8-9H2. The van der Waals surface area contributed by atoms with Crippen molar-refractivity contribution >= 4 is 16.8 Å². The van der Waals surface area contributed by atoms with Gasteiger partial charge in [0.25, 0.3) is 0 Å². The summed E-state index contributed by atoms with van der Waals surface area (Å²) >= 11 is 0.